The van der Waals surface area contributed by atoms with E-state index in [1.165, 1.54) is 31.3 Å². The van der Waals surface area contributed by atoms with Crippen LogP contribution in [0.4, 0.5) is 13.2 Å². The Morgan fingerprint density at radius 2 is 1.93 bits per heavy atom. The fraction of sp³-hybridized carbons (Fsp3) is 0.467. The predicted molar refractivity (Wildman–Crippen MR) is 163 cm³/mol. The molecule has 0 spiro atoms. The maximum atomic E-state index is 14.3. The van der Waals surface area contributed by atoms with Crippen LogP contribution in [0.1, 0.15) is 51.6 Å². The number of carboxylic acids is 1. The lowest BCUT2D eigenvalue weighted by molar-refractivity contribution is -0.147. The maximum absolute atomic E-state index is 14.3. The molecule has 0 unspecified atom stereocenters. The molecular weight excluding hydrogens is 631 g/mol. The molecule has 1 aliphatic rings. The number of likely N-dealkylation sites (tertiary alicyclic amines) is 1. The van der Waals surface area contributed by atoms with Crippen LogP contribution >= 0.6 is 11.3 Å². The molecule has 1 aliphatic heterocycles. The Morgan fingerprint density at radius 1 is 1.20 bits per heavy atom. The van der Waals surface area contributed by atoms with Gasteiger partial charge in [-0.3, -0.25) is 9.69 Å². The van der Waals surface area contributed by atoms with E-state index in [-0.39, 0.29) is 42.5 Å². The number of benzene rings is 2. The molecule has 10 nitrogen and oxygen atoms in total. The highest BCUT2D eigenvalue weighted by atomic mass is 32.2. The second-order valence-electron chi connectivity index (χ2n) is 11.9. The Kier molecular flexibility index (Phi) is 9.36. The highest BCUT2D eigenvalue weighted by molar-refractivity contribution is 7.89. The molecule has 1 saturated heterocycles. The number of thiazole rings is 1. The molecule has 45 heavy (non-hydrogen) atoms. The van der Waals surface area contributed by atoms with Crippen LogP contribution in [0.25, 0.3) is 32.1 Å². The summed E-state index contributed by atoms with van der Waals surface area (Å²) in [6.45, 7) is 4.04. The monoisotopic (exact) mass is 665 g/mol. The molecular formula is C30H34F3N5O5S2. The van der Waals surface area contributed by atoms with Gasteiger partial charge < -0.3 is 9.52 Å². The van der Waals surface area contributed by atoms with E-state index in [0.717, 1.165) is 0 Å². The van der Waals surface area contributed by atoms with Crippen molar-refractivity contribution in [1.29, 1.82) is 0 Å². The highest BCUT2D eigenvalue weighted by Gasteiger charge is 2.36. The van der Waals surface area contributed by atoms with Crippen molar-refractivity contribution in [1.82, 2.24) is 24.8 Å². The Labute approximate surface area is 262 Å². The van der Waals surface area contributed by atoms with Crippen molar-refractivity contribution in [3.05, 3.63) is 48.0 Å². The van der Waals surface area contributed by atoms with Gasteiger partial charge in [0.2, 0.25) is 15.9 Å². The predicted octanol–water partition coefficient (Wildman–Crippen LogP) is 5.92. The minimum atomic E-state index is -4.08. The first-order valence-electron chi connectivity index (χ1n) is 14.5. The summed E-state index contributed by atoms with van der Waals surface area (Å²) in [6.07, 6.45) is 0.399. The number of fused-ring (bicyclic) bond motifs is 1. The normalized spacial score (nSPS) is 16.7. The molecule has 1 fully saturated rings. The fourth-order valence-corrected chi connectivity index (χ4v) is 7.77. The summed E-state index contributed by atoms with van der Waals surface area (Å²) in [5.74, 6) is -3.70. The van der Waals surface area contributed by atoms with E-state index in [1.54, 1.807) is 42.2 Å². The summed E-state index contributed by atoms with van der Waals surface area (Å²) in [6, 6.07) is 9.08. The molecule has 0 bridgehead atoms. The summed E-state index contributed by atoms with van der Waals surface area (Å²) in [5.41, 5.74) is -0.0586. The average Bonchev–Trinajstić information content (AvgIpc) is 3.61. The molecule has 0 saturated carbocycles. The number of carboxylic acid groups (broad SMARTS) is 1. The van der Waals surface area contributed by atoms with E-state index in [1.807, 2.05) is 0 Å². The SMILES string of the molecule is CC[C@@H](CF)NS(=O)(=O)c1ccc(-c2sc(-c3nnc(CC(C)(C)C(=O)O)o3)nc2CN2CCCC(F)(F)C2)c2ccccc12. The summed E-state index contributed by atoms with van der Waals surface area (Å²) >= 11 is 1.19. The van der Waals surface area contributed by atoms with Gasteiger partial charge in [0.25, 0.3) is 11.8 Å². The topological polar surface area (TPSA) is 139 Å². The van der Waals surface area contributed by atoms with E-state index < -0.39 is 46.6 Å². The Bertz CT molecular complexity index is 1800. The van der Waals surface area contributed by atoms with Crippen molar-refractivity contribution in [2.24, 2.45) is 5.41 Å². The van der Waals surface area contributed by atoms with E-state index in [4.69, 9.17) is 9.40 Å². The van der Waals surface area contributed by atoms with Crippen LogP contribution in [0.15, 0.2) is 45.7 Å². The lowest BCUT2D eigenvalue weighted by Crippen LogP contribution is -2.42. The first-order valence-corrected chi connectivity index (χ1v) is 16.8. The second kappa shape index (κ2) is 12.8. The zero-order valence-corrected chi connectivity index (χ0v) is 26.7. The number of hydrogen-bond acceptors (Lipinski definition) is 9. The molecule has 15 heteroatoms. The number of aromatic nitrogens is 3. The first kappa shape index (κ1) is 33.0. The van der Waals surface area contributed by atoms with Crippen LogP contribution in [-0.2, 0) is 27.8 Å². The maximum Gasteiger partial charge on any atom is 0.309 e. The number of piperidine rings is 1. The Morgan fingerprint density at radius 3 is 2.60 bits per heavy atom. The molecule has 1 atom stereocenters. The number of nitrogens with one attached hydrogen (secondary N) is 1. The van der Waals surface area contributed by atoms with Gasteiger partial charge in [-0.15, -0.1) is 21.5 Å². The van der Waals surface area contributed by atoms with Crippen LogP contribution in [0.3, 0.4) is 0 Å². The number of halogens is 3. The quantitative estimate of drug-likeness (QED) is 0.189. The number of rotatable bonds is 12. The molecule has 0 amide bonds. The molecule has 5 rings (SSSR count). The van der Waals surface area contributed by atoms with E-state index in [9.17, 15) is 31.5 Å². The second-order valence-corrected chi connectivity index (χ2v) is 14.6. The first-order chi connectivity index (χ1) is 21.2. The third-order valence-corrected chi connectivity index (χ3v) is 10.5. The molecule has 242 valence electrons. The van der Waals surface area contributed by atoms with Crippen LogP contribution in [0, 0.1) is 5.41 Å². The molecule has 4 aromatic rings. The number of hydrogen-bond donors (Lipinski definition) is 2. The standard InChI is InChI=1S/C30H34F3N5O5S2/c1-4-18(15-31)37-45(41,42)23-11-10-21(19-8-5-6-9-20(19)23)25-22(16-38-13-7-12-30(32,33)17-38)34-27(44-25)26-36-35-24(43-26)14-29(2,3)28(39)40/h5-6,8-11,18,37H,4,7,12-17H2,1-3H3,(H,39,40)/t18-/m0/s1. The average molecular weight is 666 g/mol. The Balaban J connectivity index is 1.60. The van der Waals surface area contributed by atoms with E-state index in [2.05, 4.69) is 14.9 Å². The van der Waals surface area contributed by atoms with Gasteiger partial charge in [0.15, 0.2) is 5.01 Å². The van der Waals surface area contributed by atoms with Crippen molar-refractivity contribution < 1.29 is 35.9 Å². The largest absolute Gasteiger partial charge is 0.481 e. The van der Waals surface area contributed by atoms with Gasteiger partial charge in [0.1, 0.15) is 6.67 Å². The molecule has 0 radical (unpaired) electrons. The van der Waals surface area contributed by atoms with Crippen molar-refractivity contribution in [3.63, 3.8) is 0 Å². The highest BCUT2D eigenvalue weighted by Crippen LogP contribution is 2.41. The van der Waals surface area contributed by atoms with Crippen LogP contribution in [0.2, 0.25) is 0 Å². The smallest absolute Gasteiger partial charge is 0.309 e. The Hall–Kier alpha value is -3.40. The van der Waals surface area contributed by atoms with E-state index >= 15 is 0 Å². The van der Waals surface area contributed by atoms with E-state index in [0.29, 0.717) is 44.9 Å². The van der Waals surface area contributed by atoms with Crippen molar-refractivity contribution in [2.75, 3.05) is 19.8 Å². The zero-order chi connectivity index (χ0) is 32.6. The van der Waals surface area contributed by atoms with Gasteiger partial charge in [0, 0.05) is 30.3 Å². The number of sulfonamides is 1. The van der Waals surface area contributed by atoms with Gasteiger partial charge in [-0.1, -0.05) is 37.3 Å². The molecule has 2 aromatic carbocycles. The number of aliphatic carboxylic acids is 1. The third kappa shape index (κ3) is 7.21. The summed E-state index contributed by atoms with van der Waals surface area (Å²) < 4.78 is 76.9. The fourth-order valence-electron chi connectivity index (χ4n) is 5.23. The lowest BCUT2D eigenvalue weighted by atomic mass is 9.90. The van der Waals surface area contributed by atoms with Crippen molar-refractivity contribution in [3.8, 4) is 21.3 Å². The van der Waals surface area contributed by atoms with Gasteiger partial charge in [-0.05, 0) is 44.7 Å². The molecule has 2 N–H and O–H groups in total. The number of alkyl halides is 3. The number of nitrogens with zero attached hydrogens (tertiary/aromatic N) is 4. The van der Waals surface area contributed by atoms with Gasteiger partial charge in [0.05, 0.1) is 33.5 Å². The molecule has 2 aromatic heterocycles. The summed E-state index contributed by atoms with van der Waals surface area (Å²) in [4.78, 5) is 18.6. The lowest BCUT2D eigenvalue weighted by Gasteiger charge is -2.32. The zero-order valence-electron chi connectivity index (χ0n) is 25.0. The summed E-state index contributed by atoms with van der Waals surface area (Å²) in [7, 11) is -4.08. The molecule has 3 heterocycles. The van der Waals surface area contributed by atoms with Gasteiger partial charge >= 0.3 is 5.97 Å². The van der Waals surface area contributed by atoms with Gasteiger partial charge in [-0.2, -0.15) is 0 Å². The minimum Gasteiger partial charge on any atom is -0.481 e. The minimum absolute atomic E-state index is 0.0147. The van der Waals surface area contributed by atoms with Gasteiger partial charge in [-0.25, -0.2) is 31.3 Å². The summed E-state index contributed by atoms with van der Waals surface area (Å²) in [5, 5.41) is 18.9. The third-order valence-electron chi connectivity index (χ3n) is 7.78. The van der Waals surface area contributed by atoms with Crippen LogP contribution in [0.5, 0.6) is 0 Å². The molecule has 0 aliphatic carbocycles. The van der Waals surface area contributed by atoms with Crippen LogP contribution < -0.4 is 4.72 Å². The van der Waals surface area contributed by atoms with Crippen molar-refractivity contribution >= 4 is 38.1 Å². The van der Waals surface area contributed by atoms with Crippen LogP contribution in [-0.4, -0.2) is 71.3 Å². The van der Waals surface area contributed by atoms with Crippen molar-refractivity contribution in [2.45, 2.75) is 69.9 Å². The number of carbonyl (C=O) groups is 1.